The first-order valence-corrected chi connectivity index (χ1v) is 7.26. The first-order chi connectivity index (χ1) is 9.69. The van der Waals surface area contributed by atoms with Gasteiger partial charge in [0.15, 0.2) is 0 Å². The summed E-state index contributed by atoms with van der Waals surface area (Å²) in [5.41, 5.74) is 3.71. The normalized spacial score (nSPS) is 12.3. The molecule has 106 valence electrons. The Hall–Kier alpha value is -1.74. The van der Waals surface area contributed by atoms with Crippen LogP contribution in [0, 0.1) is 13.8 Å². The fourth-order valence-electron chi connectivity index (χ4n) is 2.23. The van der Waals surface area contributed by atoms with Crippen molar-refractivity contribution in [1.82, 2.24) is 15.3 Å². The number of nitrogens with zero attached hydrogens (tertiary/aromatic N) is 2. The van der Waals surface area contributed by atoms with Crippen molar-refractivity contribution in [2.75, 3.05) is 6.54 Å². The quantitative estimate of drug-likeness (QED) is 0.873. The molecule has 0 fully saturated rings. The van der Waals surface area contributed by atoms with E-state index in [-0.39, 0.29) is 6.04 Å². The fraction of sp³-hybridized carbons (Fsp3) is 0.412. The monoisotopic (exact) mass is 269 g/mol. The van der Waals surface area contributed by atoms with Gasteiger partial charge in [0.05, 0.1) is 6.04 Å². The summed E-state index contributed by atoms with van der Waals surface area (Å²) in [6.45, 7) is 7.29. The van der Waals surface area contributed by atoms with E-state index in [9.17, 15) is 0 Å². The summed E-state index contributed by atoms with van der Waals surface area (Å²) < 4.78 is 0. The summed E-state index contributed by atoms with van der Waals surface area (Å²) >= 11 is 0. The second-order valence-electron chi connectivity index (χ2n) is 5.32. The molecule has 3 nitrogen and oxygen atoms in total. The average Bonchev–Trinajstić information content (AvgIpc) is 2.44. The van der Waals surface area contributed by atoms with Crippen molar-refractivity contribution in [2.24, 2.45) is 0 Å². The minimum absolute atomic E-state index is 0.178. The number of hydrogen-bond acceptors (Lipinski definition) is 3. The molecule has 0 saturated carbocycles. The molecule has 0 saturated heterocycles. The topological polar surface area (TPSA) is 37.8 Å². The van der Waals surface area contributed by atoms with Gasteiger partial charge in [0.1, 0.15) is 5.82 Å². The Bertz CT molecular complexity index is 534. The summed E-state index contributed by atoms with van der Waals surface area (Å²) in [7, 11) is 0. The molecule has 1 N–H and O–H groups in total. The van der Waals surface area contributed by atoms with E-state index in [0.29, 0.717) is 0 Å². The Morgan fingerprint density at radius 3 is 2.50 bits per heavy atom. The highest BCUT2D eigenvalue weighted by atomic mass is 15.0. The van der Waals surface area contributed by atoms with Crippen molar-refractivity contribution < 1.29 is 0 Å². The number of aromatic nitrogens is 2. The number of rotatable bonds is 6. The van der Waals surface area contributed by atoms with Crippen molar-refractivity contribution in [3.63, 3.8) is 0 Å². The smallest absolute Gasteiger partial charge is 0.145 e. The highest BCUT2D eigenvalue weighted by molar-refractivity contribution is 5.23. The maximum atomic E-state index is 4.48. The minimum atomic E-state index is 0.178. The standard InChI is InChI=1S/C17H23N3/c1-4-8-18-16(17-19-11-14(3)12-20-17)10-15-7-5-6-13(2)9-15/h5-7,9,11-12,16,18H,4,8,10H2,1-3H3. The van der Waals surface area contributed by atoms with Gasteiger partial charge in [-0.2, -0.15) is 0 Å². The van der Waals surface area contributed by atoms with Gasteiger partial charge in [-0.15, -0.1) is 0 Å². The molecule has 1 unspecified atom stereocenters. The van der Waals surface area contributed by atoms with E-state index < -0.39 is 0 Å². The van der Waals surface area contributed by atoms with E-state index in [0.717, 1.165) is 30.8 Å². The van der Waals surface area contributed by atoms with Gasteiger partial charge in [-0.1, -0.05) is 36.8 Å². The van der Waals surface area contributed by atoms with Crippen LogP contribution >= 0.6 is 0 Å². The lowest BCUT2D eigenvalue weighted by molar-refractivity contribution is 0.504. The number of nitrogens with one attached hydrogen (secondary N) is 1. The zero-order chi connectivity index (χ0) is 14.4. The second kappa shape index (κ2) is 7.15. The number of hydrogen-bond donors (Lipinski definition) is 1. The van der Waals surface area contributed by atoms with Crippen LogP contribution in [-0.4, -0.2) is 16.5 Å². The van der Waals surface area contributed by atoms with Crippen LogP contribution in [0.4, 0.5) is 0 Å². The van der Waals surface area contributed by atoms with Gasteiger partial charge in [0, 0.05) is 12.4 Å². The van der Waals surface area contributed by atoms with Gasteiger partial charge in [0.2, 0.25) is 0 Å². The summed E-state index contributed by atoms with van der Waals surface area (Å²) in [5, 5.41) is 3.55. The third-order valence-corrected chi connectivity index (χ3v) is 3.28. The molecule has 1 atom stereocenters. The molecular formula is C17H23N3. The third kappa shape index (κ3) is 4.14. The molecule has 1 heterocycles. The summed E-state index contributed by atoms with van der Waals surface area (Å²) in [4.78, 5) is 8.95. The van der Waals surface area contributed by atoms with Crippen LogP contribution in [0.2, 0.25) is 0 Å². The lowest BCUT2D eigenvalue weighted by Crippen LogP contribution is -2.26. The van der Waals surface area contributed by atoms with Crippen molar-refractivity contribution in [3.05, 3.63) is 59.2 Å². The van der Waals surface area contributed by atoms with Crippen LogP contribution in [0.3, 0.4) is 0 Å². The molecule has 1 aromatic heterocycles. The molecule has 20 heavy (non-hydrogen) atoms. The summed E-state index contributed by atoms with van der Waals surface area (Å²) in [6.07, 6.45) is 5.80. The first-order valence-electron chi connectivity index (χ1n) is 7.26. The van der Waals surface area contributed by atoms with E-state index in [2.05, 4.69) is 53.4 Å². The highest BCUT2D eigenvalue weighted by Gasteiger charge is 2.14. The molecule has 0 radical (unpaired) electrons. The second-order valence-corrected chi connectivity index (χ2v) is 5.32. The molecule has 2 rings (SSSR count). The molecule has 0 amide bonds. The van der Waals surface area contributed by atoms with Crippen LogP contribution < -0.4 is 5.32 Å². The zero-order valence-corrected chi connectivity index (χ0v) is 12.6. The summed E-state index contributed by atoms with van der Waals surface area (Å²) in [6, 6.07) is 8.81. The van der Waals surface area contributed by atoms with Crippen molar-refractivity contribution >= 4 is 0 Å². The van der Waals surface area contributed by atoms with Gasteiger partial charge in [-0.25, -0.2) is 9.97 Å². The third-order valence-electron chi connectivity index (χ3n) is 3.28. The molecular weight excluding hydrogens is 246 g/mol. The highest BCUT2D eigenvalue weighted by Crippen LogP contribution is 2.16. The fourth-order valence-corrected chi connectivity index (χ4v) is 2.23. The molecule has 2 aromatic rings. The molecule has 1 aromatic carbocycles. The predicted molar refractivity (Wildman–Crippen MR) is 82.7 cm³/mol. The van der Waals surface area contributed by atoms with Crippen molar-refractivity contribution in [2.45, 2.75) is 39.7 Å². The first kappa shape index (κ1) is 14.7. The zero-order valence-electron chi connectivity index (χ0n) is 12.6. The van der Waals surface area contributed by atoms with Crippen LogP contribution in [0.15, 0.2) is 36.7 Å². The van der Waals surface area contributed by atoms with Gasteiger partial charge in [-0.3, -0.25) is 0 Å². The SMILES string of the molecule is CCCNC(Cc1cccc(C)c1)c1ncc(C)cn1. The number of benzene rings is 1. The lowest BCUT2D eigenvalue weighted by atomic mass is 10.0. The Balaban J connectivity index is 2.16. The molecule has 0 spiro atoms. The predicted octanol–water partition coefficient (Wildman–Crippen LogP) is 3.38. The van der Waals surface area contributed by atoms with Gasteiger partial charge in [-0.05, 0) is 44.4 Å². The van der Waals surface area contributed by atoms with Crippen molar-refractivity contribution in [3.8, 4) is 0 Å². The number of aryl methyl sites for hydroxylation is 2. The van der Waals surface area contributed by atoms with Crippen LogP contribution in [0.1, 0.15) is 41.9 Å². The minimum Gasteiger partial charge on any atom is -0.307 e. The molecule has 0 bridgehead atoms. The van der Waals surface area contributed by atoms with Gasteiger partial charge < -0.3 is 5.32 Å². The van der Waals surface area contributed by atoms with E-state index in [4.69, 9.17) is 0 Å². The van der Waals surface area contributed by atoms with Crippen LogP contribution in [0.25, 0.3) is 0 Å². The van der Waals surface area contributed by atoms with Gasteiger partial charge in [0.25, 0.3) is 0 Å². The van der Waals surface area contributed by atoms with E-state index in [1.807, 2.05) is 19.3 Å². The van der Waals surface area contributed by atoms with E-state index in [1.165, 1.54) is 11.1 Å². The summed E-state index contributed by atoms with van der Waals surface area (Å²) in [5.74, 6) is 0.880. The van der Waals surface area contributed by atoms with E-state index in [1.54, 1.807) is 0 Å². The average molecular weight is 269 g/mol. The molecule has 0 aliphatic carbocycles. The van der Waals surface area contributed by atoms with Crippen LogP contribution in [0.5, 0.6) is 0 Å². The largest absolute Gasteiger partial charge is 0.307 e. The Morgan fingerprint density at radius 1 is 1.10 bits per heavy atom. The Kier molecular flexibility index (Phi) is 5.24. The maximum absolute atomic E-state index is 4.48. The lowest BCUT2D eigenvalue weighted by Gasteiger charge is -2.17. The molecule has 0 aliphatic rings. The molecule has 3 heteroatoms. The molecule has 0 aliphatic heterocycles. The van der Waals surface area contributed by atoms with Gasteiger partial charge >= 0.3 is 0 Å². The van der Waals surface area contributed by atoms with E-state index >= 15 is 0 Å². The van der Waals surface area contributed by atoms with Crippen LogP contribution in [-0.2, 0) is 6.42 Å². The van der Waals surface area contributed by atoms with Crippen molar-refractivity contribution in [1.29, 1.82) is 0 Å². The maximum Gasteiger partial charge on any atom is 0.145 e. The Morgan fingerprint density at radius 2 is 1.85 bits per heavy atom. The Labute approximate surface area is 121 Å².